The molecule has 1 heterocycles. The van der Waals surface area contributed by atoms with Crippen LogP contribution in [-0.2, 0) is 36.3 Å². The lowest BCUT2D eigenvalue weighted by Gasteiger charge is -2.53. The van der Waals surface area contributed by atoms with Crippen molar-refractivity contribution >= 4 is 21.7 Å². The summed E-state index contributed by atoms with van der Waals surface area (Å²) in [6, 6.07) is 4.13. The molecule has 1 saturated heterocycles. The molecule has 6 nitrogen and oxygen atoms in total. The lowest BCUT2D eigenvalue weighted by molar-refractivity contribution is -0.348. The van der Waals surface area contributed by atoms with Crippen molar-refractivity contribution in [2.24, 2.45) is 11.8 Å². The number of hydrogen-bond acceptors (Lipinski definition) is 4. The topological polar surface area (TPSA) is 91.8 Å². The van der Waals surface area contributed by atoms with E-state index in [0.717, 1.165) is 30.3 Å². The first-order chi connectivity index (χ1) is 20.9. The van der Waals surface area contributed by atoms with Crippen molar-refractivity contribution in [2.45, 2.75) is 85.1 Å². The number of alkyl halides is 7. The van der Waals surface area contributed by atoms with Crippen LogP contribution >= 0.6 is 0 Å². The molecule has 2 unspecified atom stereocenters. The van der Waals surface area contributed by atoms with E-state index in [1.165, 1.54) is 4.90 Å². The molecule has 3 aliphatic rings. The largest absolute Gasteiger partial charge is 0.481 e. The van der Waals surface area contributed by atoms with E-state index in [0.29, 0.717) is 6.07 Å². The number of nitrogens with zero attached hydrogens (tertiary/aromatic N) is 1. The molecule has 1 aliphatic heterocycles. The molecule has 0 radical (unpaired) electrons. The number of likely N-dealkylation sites (tertiary alicyclic amines) is 1. The highest BCUT2D eigenvalue weighted by Crippen LogP contribution is 2.56. The first-order valence-corrected chi connectivity index (χ1v) is 15.8. The van der Waals surface area contributed by atoms with Crippen LogP contribution in [0.25, 0.3) is 0 Å². The van der Waals surface area contributed by atoms with Gasteiger partial charge in [-0.05, 0) is 86.8 Å². The Morgan fingerprint density at radius 1 is 0.844 bits per heavy atom. The minimum Gasteiger partial charge on any atom is -0.481 e. The smallest absolute Gasteiger partial charge is 0.435 e. The number of amides is 1. The van der Waals surface area contributed by atoms with Gasteiger partial charge in [-0.1, -0.05) is 18.2 Å². The Kier molecular flexibility index (Phi) is 8.27. The van der Waals surface area contributed by atoms with E-state index in [-0.39, 0.29) is 80.0 Å². The summed E-state index contributed by atoms with van der Waals surface area (Å²) >= 11 is 0. The molecule has 0 spiro atoms. The minimum absolute atomic E-state index is 0.0898. The number of hydrogen-bond donors (Lipinski definition) is 1. The second-order valence-corrected chi connectivity index (χ2v) is 14.2. The van der Waals surface area contributed by atoms with Gasteiger partial charge in [0, 0.05) is 18.0 Å². The molecule has 1 N–H and O–H groups in total. The van der Waals surface area contributed by atoms with Crippen LogP contribution in [0.2, 0.25) is 0 Å². The quantitative estimate of drug-likeness (QED) is 0.286. The van der Waals surface area contributed by atoms with Crippen LogP contribution < -0.4 is 0 Å². The zero-order chi connectivity index (χ0) is 33.2. The highest BCUT2D eigenvalue weighted by Gasteiger charge is 2.73. The molecular formula is C30H29F8NO5S. The summed E-state index contributed by atoms with van der Waals surface area (Å²) < 4.78 is 137. The van der Waals surface area contributed by atoms with Crippen LogP contribution in [0.1, 0.15) is 61.6 Å². The molecule has 5 rings (SSSR count). The molecule has 0 bridgehead atoms. The maximum atomic E-state index is 15.0. The maximum absolute atomic E-state index is 15.0. The van der Waals surface area contributed by atoms with E-state index in [2.05, 4.69) is 0 Å². The number of rotatable bonds is 5. The fraction of sp³-hybridized carbons (Fsp3) is 0.533. The summed E-state index contributed by atoms with van der Waals surface area (Å²) in [6.07, 6.45) is -12.3. The first-order valence-electron chi connectivity index (χ1n) is 14.4. The number of fused-ring (bicyclic) bond motifs is 3. The molecule has 2 aliphatic carbocycles. The van der Waals surface area contributed by atoms with Crippen molar-refractivity contribution in [1.29, 1.82) is 0 Å². The Bertz CT molecular complexity index is 1570. The lowest BCUT2D eigenvalue weighted by atomic mass is 9.71. The number of aliphatic carboxylic acids is 1. The summed E-state index contributed by atoms with van der Waals surface area (Å²) in [4.78, 5) is 26.3. The highest BCUT2D eigenvalue weighted by atomic mass is 32.2. The van der Waals surface area contributed by atoms with Crippen molar-refractivity contribution in [3.63, 3.8) is 0 Å². The summed E-state index contributed by atoms with van der Waals surface area (Å²) in [5.41, 5.74) is -7.85. The number of carboxylic acid groups (broad SMARTS) is 1. The van der Waals surface area contributed by atoms with Crippen molar-refractivity contribution < 1.29 is 58.2 Å². The standard InChI is InChI=1S/C30H29F8NO5S/c31-21-8-10-22(11-9-21)45(43,44)27-14-1-15-39(25(40)17-2-4-18(5-3-17)26(41)42)24(27)13-6-19-16-20(7-12-23(19)27)28(32,29(33,34)35)30(36,37)38/h7-12,16-18,24H,1-6,13-15H2,(H,41,42). The molecule has 0 aromatic heterocycles. The zero-order valence-electron chi connectivity index (χ0n) is 23.6. The monoisotopic (exact) mass is 667 g/mol. The molecule has 45 heavy (non-hydrogen) atoms. The van der Waals surface area contributed by atoms with E-state index < -0.39 is 73.7 Å². The summed E-state index contributed by atoms with van der Waals surface area (Å²) in [5, 5.41) is 9.33. The number of benzene rings is 2. The fourth-order valence-electron chi connectivity index (χ4n) is 7.37. The third-order valence-corrected chi connectivity index (χ3v) is 12.1. The molecule has 2 atom stereocenters. The number of carbonyl (C=O) groups excluding carboxylic acids is 1. The predicted octanol–water partition coefficient (Wildman–Crippen LogP) is 6.61. The molecule has 2 aromatic carbocycles. The van der Waals surface area contributed by atoms with Gasteiger partial charge >= 0.3 is 24.0 Å². The average Bonchev–Trinajstić information content (AvgIpc) is 2.98. The number of piperidine rings is 1. The van der Waals surface area contributed by atoms with Crippen molar-refractivity contribution in [3.05, 3.63) is 65.0 Å². The Hall–Kier alpha value is -3.23. The van der Waals surface area contributed by atoms with Gasteiger partial charge in [0.15, 0.2) is 9.84 Å². The second kappa shape index (κ2) is 11.2. The van der Waals surface area contributed by atoms with Gasteiger partial charge < -0.3 is 10.0 Å². The third-order valence-electron chi connectivity index (χ3n) is 9.60. The van der Waals surface area contributed by atoms with Crippen LogP contribution in [0.15, 0.2) is 47.4 Å². The van der Waals surface area contributed by atoms with Gasteiger partial charge in [-0.3, -0.25) is 9.59 Å². The van der Waals surface area contributed by atoms with Gasteiger partial charge in [-0.25, -0.2) is 17.2 Å². The van der Waals surface area contributed by atoms with E-state index >= 15 is 4.39 Å². The van der Waals surface area contributed by atoms with Gasteiger partial charge in [0.1, 0.15) is 10.6 Å². The maximum Gasteiger partial charge on any atom is 0.435 e. The lowest BCUT2D eigenvalue weighted by Crippen LogP contribution is -2.62. The molecule has 1 amide bonds. The van der Waals surface area contributed by atoms with E-state index in [9.17, 15) is 53.8 Å². The number of sulfone groups is 1. The van der Waals surface area contributed by atoms with E-state index in [4.69, 9.17) is 0 Å². The number of carbonyl (C=O) groups is 2. The Morgan fingerprint density at radius 2 is 1.42 bits per heavy atom. The Labute approximate surface area is 253 Å². The summed E-state index contributed by atoms with van der Waals surface area (Å²) in [6.45, 7) is 0.117. The first kappa shape index (κ1) is 33.1. The molecule has 15 heteroatoms. The van der Waals surface area contributed by atoms with E-state index in [1.807, 2.05) is 0 Å². The van der Waals surface area contributed by atoms with Crippen LogP contribution in [0.5, 0.6) is 0 Å². The summed E-state index contributed by atoms with van der Waals surface area (Å²) in [5.74, 6) is -3.40. The van der Waals surface area contributed by atoms with Crippen LogP contribution in [0.3, 0.4) is 0 Å². The fourth-order valence-corrected chi connectivity index (χ4v) is 9.79. The molecule has 246 valence electrons. The third kappa shape index (κ3) is 5.18. The molecular weight excluding hydrogens is 638 g/mol. The molecule has 2 aromatic rings. The zero-order valence-corrected chi connectivity index (χ0v) is 24.4. The SMILES string of the molecule is O=C(O)C1CCC(C(=O)N2CCCC3(S(=O)(=O)c4ccc(F)cc4)c4ccc(C(F)(C(F)(F)F)C(F)(F)F)cc4CCC23)CC1. The number of carboxylic acids is 1. The summed E-state index contributed by atoms with van der Waals surface area (Å²) in [7, 11) is -4.61. The van der Waals surface area contributed by atoms with Crippen LogP contribution in [0.4, 0.5) is 35.1 Å². The number of halogens is 8. The molecule has 2 fully saturated rings. The Balaban J connectivity index is 1.65. The van der Waals surface area contributed by atoms with Crippen LogP contribution in [0, 0.1) is 17.7 Å². The van der Waals surface area contributed by atoms with Crippen molar-refractivity contribution in [2.75, 3.05) is 6.54 Å². The Morgan fingerprint density at radius 3 is 1.98 bits per heavy atom. The van der Waals surface area contributed by atoms with Gasteiger partial charge in [0.05, 0.1) is 16.9 Å². The highest BCUT2D eigenvalue weighted by molar-refractivity contribution is 7.92. The normalized spacial score (nSPS) is 26.1. The van der Waals surface area contributed by atoms with E-state index in [1.54, 1.807) is 0 Å². The number of aryl methyl sites for hydroxylation is 1. The molecule has 1 saturated carbocycles. The predicted molar refractivity (Wildman–Crippen MR) is 143 cm³/mol. The van der Waals surface area contributed by atoms with Crippen LogP contribution in [-0.4, -0.2) is 55.2 Å². The van der Waals surface area contributed by atoms with Crippen molar-refractivity contribution in [1.82, 2.24) is 4.90 Å². The van der Waals surface area contributed by atoms with Crippen molar-refractivity contribution in [3.8, 4) is 0 Å². The second-order valence-electron chi connectivity index (χ2n) is 11.9. The minimum atomic E-state index is -6.37. The van der Waals surface area contributed by atoms with Gasteiger partial charge in [-0.2, -0.15) is 26.3 Å². The van der Waals surface area contributed by atoms with Gasteiger partial charge in [-0.15, -0.1) is 0 Å². The van der Waals surface area contributed by atoms with Gasteiger partial charge in [0.25, 0.3) is 0 Å². The van der Waals surface area contributed by atoms with Gasteiger partial charge in [0.2, 0.25) is 5.91 Å². The average molecular weight is 668 g/mol.